The molecule has 0 aromatic heterocycles. The summed E-state index contributed by atoms with van der Waals surface area (Å²) in [5, 5.41) is 0.701. The fourth-order valence-electron chi connectivity index (χ4n) is 1.33. The number of halogens is 2. The van der Waals surface area contributed by atoms with Gasteiger partial charge in [0.25, 0.3) is 0 Å². The van der Waals surface area contributed by atoms with Crippen molar-refractivity contribution in [2.24, 2.45) is 0 Å². The van der Waals surface area contributed by atoms with E-state index in [1.54, 1.807) is 0 Å². The molecule has 15 heavy (non-hydrogen) atoms. The Hall–Kier alpha value is -0.400. The molecule has 0 bridgehead atoms. The maximum absolute atomic E-state index is 5.87. The van der Waals surface area contributed by atoms with Crippen molar-refractivity contribution >= 4 is 23.2 Å². The van der Waals surface area contributed by atoms with Crippen molar-refractivity contribution in [3.8, 4) is 5.75 Å². The Balaban J connectivity index is 2.52. The summed E-state index contributed by atoms with van der Waals surface area (Å²) >= 11 is 11.7. The highest BCUT2D eigenvalue weighted by Gasteiger charge is 2.03. The van der Waals surface area contributed by atoms with Gasteiger partial charge in [0.2, 0.25) is 0 Å². The zero-order valence-electron chi connectivity index (χ0n) is 8.93. The molecule has 1 rings (SSSR count). The van der Waals surface area contributed by atoms with E-state index in [4.69, 9.17) is 27.9 Å². The lowest BCUT2D eigenvalue weighted by Crippen LogP contribution is -1.99. The van der Waals surface area contributed by atoms with Gasteiger partial charge in [0.05, 0.1) is 12.5 Å². The first-order valence-corrected chi connectivity index (χ1v) is 6.16. The van der Waals surface area contributed by atoms with Gasteiger partial charge in [-0.05, 0) is 24.6 Å². The van der Waals surface area contributed by atoms with Crippen LogP contribution in [-0.4, -0.2) is 6.61 Å². The molecule has 84 valence electrons. The predicted octanol–water partition coefficient (Wildman–Crippen LogP) is 4.65. The smallest absolute Gasteiger partial charge is 0.123 e. The predicted molar refractivity (Wildman–Crippen MR) is 66.0 cm³/mol. The second-order valence-corrected chi connectivity index (χ2v) is 4.14. The van der Waals surface area contributed by atoms with Crippen LogP contribution in [0.4, 0.5) is 0 Å². The maximum Gasteiger partial charge on any atom is 0.123 e. The van der Waals surface area contributed by atoms with Crippen LogP contribution in [0.25, 0.3) is 0 Å². The van der Waals surface area contributed by atoms with Crippen molar-refractivity contribution < 1.29 is 4.74 Å². The zero-order chi connectivity index (χ0) is 11.1. The highest BCUT2D eigenvalue weighted by Crippen LogP contribution is 2.24. The van der Waals surface area contributed by atoms with Gasteiger partial charge < -0.3 is 4.74 Å². The van der Waals surface area contributed by atoms with Gasteiger partial charge >= 0.3 is 0 Å². The molecule has 0 fully saturated rings. The average molecular weight is 247 g/mol. The minimum atomic E-state index is 0.434. The van der Waals surface area contributed by atoms with E-state index in [1.807, 2.05) is 18.2 Å². The molecule has 0 radical (unpaired) electrons. The number of unbranched alkanes of at least 4 members (excludes halogenated alkanes) is 2. The first-order chi connectivity index (χ1) is 7.27. The SMILES string of the molecule is CCCCCOc1ccc(Cl)cc1CCl. The van der Waals surface area contributed by atoms with Gasteiger partial charge in [-0.3, -0.25) is 0 Å². The third-order valence-corrected chi connectivity index (χ3v) is 2.69. The van der Waals surface area contributed by atoms with Gasteiger partial charge in [0.1, 0.15) is 5.75 Å². The second-order valence-electron chi connectivity index (χ2n) is 3.44. The third kappa shape index (κ3) is 4.31. The summed E-state index contributed by atoms with van der Waals surface area (Å²) in [5.41, 5.74) is 0.959. The van der Waals surface area contributed by atoms with Gasteiger partial charge in [-0.15, -0.1) is 11.6 Å². The van der Waals surface area contributed by atoms with E-state index in [0.717, 1.165) is 24.3 Å². The summed E-state index contributed by atoms with van der Waals surface area (Å²) in [7, 11) is 0. The average Bonchev–Trinajstić information content (AvgIpc) is 2.26. The molecular formula is C12H16Cl2O. The van der Waals surface area contributed by atoms with Crippen molar-refractivity contribution in [1.82, 2.24) is 0 Å². The minimum absolute atomic E-state index is 0.434. The van der Waals surface area contributed by atoms with Gasteiger partial charge in [-0.2, -0.15) is 0 Å². The third-order valence-electron chi connectivity index (χ3n) is 2.17. The first-order valence-electron chi connectivity index (χ1n) is 5.25. The van der Waals surface area contributed by atoms with Crippen LogP contribution in [0.2, 0.25) is 5.02 Å². The van der Waals surface area contributed by atoms with E-state index >= 15 is 0 Å². The molecular weight excluding hydrogens is 231 g/mol. The Morgan fingerprint density at radius 2 is 2.07 bits per heavy atom. The Morgan fingerprint density at radius 1 is 1.27 bits per heavy atom. The Labute approximate surface area is 101 Å². The van der Waals surface area contributed by atoms with Gasteiger partial charge in [0.15, 0.2) is 0 Å². The molecule has 0 saturated heterocycles. The number of ether oxygens (including phenoxy) is 1. The van der Waals surface area contributed by atoms with Crippen LogP contribution in [0.5, 0.6) is 5.75 Å². The molecule has 3 heteroatoms. The molecule has 0 aliphatic rings. The molecule has 0 N–H and O–H groups in total. The lowest BCUT2D eigenvalue weighted by molar-refractivity contribution is 0.304. The molecule has 1 aromatic carbocycles. The lowest BCUT2D eigenvalue weighted by atomic mass is 10.2. The fourth-order valence-corrected chi connectivity index (χ4v) is 1.73. The number of alkyl halides is 1. The number of rotatable bonds is 6. The van der Waals surface area contributed by atoms with Crippen molar-refractivity contribution in [2.45, 2.75) is 32.1 Å². The highest BCUT2D eigenvalue weighted by molar-refractivity contribution is 6.30. The first kappa shape index (κ1) is 12.7. The fraction of sp³-hybridized carbons (Fsp3) is 0.500. The molecule has 1 aromatic rings. The summed E-state index contributed by atoms with van der Waals surface area (Å²) in [6.07, 6.45) is 3.48. The highest BCUT2D eigenvalue weighted by atomic mass is 35.5. The van der Waals surface area contributed by atoms with Crippen molar-refractivity contribution in [2.75, 3.05) is 6.61 Å². The quantitative estimate of drug-likeness (QED) is 0.525. The van der Waals surface area contributed by atoms with Crippen molar-refractivity contribution in [3.63, 3.8) is 0 Å². The summed E-state index contributed by atoms with van der Waals surface area (Å²) in [5.74, 6) is 1.29. The topological polar surface area (TPSA) is 9.23 Å². The molecule has 0 unspecified atom stereocenters. The van der Waals surface area contributed by atoms with E-state index in [9.17, 15) is 0 Å². The Bertz CT molecular complexity index is 300. The second kappa shape index (κ2) is 6.97. The van der Waals surface area contributed by atoms with Crippen LogP contribution in [0.1, 0.15) is 31.7 Å². The van der Waals surface area contributed by atoms with Gasteiger partial charge in [-0.25, -0.2) is 0 Å². The molecule has 0 aliphatic carbocycles. The number of hydrogen-bond donors (Lipinski definition) is 0. The zero-order valence-corrected chi connectivity index (χ0v) is 10.4. The van der Waals surface area contributed by atoms with E-state index in [-0.39, 0.29) is 0 Å². The van der Waals surface area contributed by atoms with Crippen LogP contribution in [0.3, 0.4) is 0 Å². The molecule has 0 spiro atoms. The van der Waals surface area contributed by atoms with Crippen molar-refractivity contribution in [3.05, 3.63) is 28.8 Å². The largest absolute Gasteiger partial charge is 0.493 e. The van der Waals surface area contributed by atoms with Gasteiger partial charge in [-0.1, -0.05) is 31.4 Å². The van der Waals surface area contributed by atoms with Crippen LogP contribution in [0.15, 0.2) is 18.2 Å². The van der Waals surface area contributed by atoms with Crippen LogP contribution >= 0.6 is 23.2 Å². The Kier molecular flexibility index (Phi) is 5.89. The van der Waals surface area contributed by atoms with Crippen LogP contribution in [-0.2, 0) is 5.88 Å². The van der Waals surface area contributed by atoms with Crippen molar-refractivity contribution in [1.29, 1.82) is 0 Å². The van der Waals surface area contributed by atoms with E-state index in [1.165, 1.54) is 12.8 Å². The number of benzene rings is 1. The van der Waals surface area contributed by atoms with Crippen LogP contribution in [0, 0.1) is 0 Å². The lowest BCUT2D eigenvalue weighted by Gasteiger charge is -2.09. The summed E-state index contributed by atoms with van der Waals surface area (Å²) < 4.78 is 5.64. The van der Waals surface area contributed by atoms with E-state index < -0.39 is 0 Å². The van der Waals surface area contributed by atoms with Crippen LogP contribution < -0.4 is 4.74 Å². The maximum atomic E-state index is 5.87. The Morgan fingerprint density at radius 3 is 2.73 bits per heavy atom. The van der Waals surface area contributed by atoms with E-state index in [0.29, 0.717) is 10.9 Å². The molecule has 0 saturated carbocycles. The molecule has 0 atom stereocenters. The minimum Gasteiger partial charge on any atom is -0.493 e. The van der Waals surface area contributed by atoms with Gasteiger partial charge in [0, 0.05) is 10.6 Å². The summed E-state index contributed by atoms with van der Waals surface area (Å²) in [6, 6.07) is 5.56. The molecule has 0 amide bonds. The normalized spacial score (nSPS) is 10.3. The summed E-state index contributed by atoms with van der Waals surface area (Å²) in [6.45, 7) is 2.92. The number of hydrogen-bond acceptors (Lipinski definition) is 1. The summed E-state index contributed by atoms with van der Waals surface area (Å²) in [4.78, 5) is 0. The molecule has 0 heterocycles. The van der Waals surface area contributed by atoms with E-state index in [2.05, 4.69) is 6.92 Å². The standard InChI is InChI=1S/C12H16Cl2O/c1-2-3-4-7-15-12-6-5-11(14)8-10(12)9-13/h5-6,8H,2-4,7,9H2,1H3. The molecule has 1 nitrogen and oxygen atoms in total. The molecule has 0 aliphatic heterocycles. The monoisotopic (exact) mass is 246 g/mol.